The Morgan fingerprint density at radius 3 is 1.93 bits per heavy atom. The quantitative estimate of drug-likeness (QED) is 0.277. The molecule has 11 nitrogen and oxygen atoms in total. The lowest BCUT2D eigenvalue weighted by Crippen LogP contribution is -2.67. The maximum Gasteiger partial charge on any atom is 0.187 e. The van der Waals surface area contributed by atoms with Gasteiger partial charge in [0.2, 0.25) is 0 Å². The zero-order valence-corrected chi connectivity index (χ0v) is 17.4. The van der Waals surface area contributed by atoms with Crippen LogP contribution in [0.15, 0.2) is 0 Å². The van der Waals surface area contributed by atoms with E-state index in [0.717, 1.165) is 0 Å². The molecule has 8 unspecified atom stereocenters. The molecule has 172 valence electrons. The van der Waals surface area contributed by atoms with Gasteiger partial charge >= 0.3 is 0 Å². The fraction of sp³-hybridized carbons (Fsp3) is 1.00. The van der Waals surface area contributed by atoms with E-state index in [1.807, 2.05) is 0 Å². The van der Waals surface area contributed by atoms with E-state index in [1.54, 1.807) is 0 Å². The molecule has 2 heterocycles. The lowest BCUT2D eigenvalue weighted by Gasteiger charge is -2.49. The number of aliphatic hydroxyl groups excluding tert-OH is 4. The van der Waals surface area contributed by atoms with Crippen molar-refractivity contribution >= 4 is 0 Å². The van der Waals surface area contributed by atoms with E-state index in [9.17, 15) is 25.5 Å². The normalized spacial score (nSPS) is 44.1. The number of aliphatic hydroxyl groups is 5. The van der Waals surface area contributed by atoms with Gasteiger partial charge in [0.1, 0.15) is 54.9 Å². The van der Waals surface area contributed by atoms with Crippen LogP contribution in [0.2, 0.25) is 0 Å². The first-order valence-corrected chi connectivity index (χ1v) is 9.49. The van der Waals surface area contributed by atoms with Gasteiger partial charge in [-0.1, -0.05) is 0 Å². The molecule has 11 heteroatoms. The molecule has 0 aromatic heterocycles. The van der Waals surface area contributed by atoms with Crippen molar-refractivity contribution in [2.45, 2.75) is 80.7 Å². The highest BCUT2D eigenvalue weighted by Gasteiger charge is 2.53. The second-order valence-electron chi connectivity index (χ2n) is 7.90. The molecule has 5 N–H and O–H groups in total. The third kappa shape index (κ3) is 5.25. The SMILES string of the molecule is COCC1OC(OC2C(O)C(OC)[C@H](C(C)(C)O)O[C@H]2CO)C(OC)C(O)C1O. The molecule has 0 saturated carbocycles. The van der Waals surface area contributed by atoms with Crippen LogP contribution in [-0.2, 0) is 28.4 Å². The molecular formula is C18H34O11. The van der Waals surface area contributed by atoms with Crippen molar-refractivity contribution in [1.82, 2.24) is 0 Å². The third-order valence-electron chi connectivity index (χ3n) is 5.35. The molecule has 2 saturated heterocycles. The Morgan fingerprint density at radius 2 is 1.45 bits per heavy atom. The minimum Gasteiger partial charge on any atom is -0.394 e. The zero-order valence-electron chi connectivity index (χ0n) is 17.4. The standard InChI is InChI=1S/C18H34O11/c1-18(2,23)16-14(25-4)12(22)13(8(6-19)27-16)29-17-15(26-5)11(21)10(20)9(28-17)7-24-3/h8-17,19-23H,6-7H2,1-5H3/t8-,9?,10?,11?,12?,13?,14?,15?,16+,17?/m0/s1. The number of rotatable bonds is 8. The molecule has 2 aliphatic heterocycles. The summed E-state index contributed by atoms with van der Waals surface area (Å²) in [6, 6.07) is 0. The Balaban J connectivity index is 2.24. The highest BCUT2D eigenvalue weighted by molar-refractivity contribution is 5.00. The topological polar surface area (TPSA) is 157 Å². The number of ether oxygens (including phenoxy) is 6. The van der Waals surface area contributed by atoms with E-state index in [4.69, 9.17) is 28.4 Å². The minimum atomic E-state index is -1.36. The van der Waals surface area contributed by atoms with Gasteiger partial charge in [-0.2, -0.15) is 0 Å². The molecule has 29 heavy (non-hydrogen) atoms. The van der Waals surface area contributed by atoms with Gasteiger partial charge < -0.3 is 54.0 Å². The van der Waals surface area contributed by atoms with Gasteiger partial charge in [-0.3, -0.25) is 0 Å². The fourth-order valence-electron chi connectivity index (χ4n) is 3.80. The molecule has 10 atom stereocenters. The molecular weight excluding hydrogens is 392 g/mol. The van der Waals surface area contributed by atoms with E-state index in [2.05, 4.69) is 0 Å². The molecule has 0 radical (unpaired) electrons. The van der Waals surface area contributed by atoms with Gasteiger partial charge in [-0.05, 0) is 13.8 Å². The summed E-state index contributed by atoms with van der Waals surface area (Å²) in [4.78, 5) is 0. The lowest BCUT2D eigenvalue weighted by molar-refractivity contribution is -0.352. The Bertz CT molecular complexity index is 497. The third-order valence-corrected chi connectivity index (χ3v) is 5.35. The van der Waals surface area contributed by atoms with Crippen molar-refractivity contribution in [1.29, 1.82) is 0 Å². The zero-order chi connectivity index (χ0) is 21.9. The molecule has 0 aromatic carbocycles. The molecule has 0 bridgehead atoms. The predicted molar refractivity (Wildman–Crippen MR) is 97.1 cm³/mol. The van der Waals surface area contributed by atoms with Crippen LogP contribution < -0.4 is 0 Å². The average molecular weight is 426 g/mol. The number of methoxy groups -OCH3 is 3. The Hall–Kier alpha value is -0.440. The summed E-state index contributed by atoms with van der Waals surface area (Å²) in [6.45, 7) is 2.49. The summed E-state index contributed by atoms with van der Waals surface area (Å²) in [5, 5.41) is 51.6. The average Bonchev–Trinajstić information content (AvgIpc) is 2.66. The summed E-state index contributed by atoms with van der Waals surface area (Å²) >= 11 is 0. The smallest absolute Gasteiger partial charge is 0.187 e. The second-order valence-corrected chi connectivity index (χ2v) is 7.90. The molecule has 0 aromatic rings. The van der Waals surface area contributed by atoms with Crippen LogP contribution in [-0.4, -0.2) is 127 Å². The Morgan fingerprint density at radius 1 is 0.828 bits per heavy atom. The monoisotopic (exact) mass is 426 g/mol. The van der Waals surface area contributed by atoms with Crippen molar-refractivity contribution in [3.05, 3.63) is 0 Å². The highest BCUT2D eigenvalue weighted by atomic mass is 16.7. The van der Waals surface area contributed by atoms with Crippen LogP contribution in [0, 0.1) is 0 Å². The van der Waals surface area contributed by atoms with E-state index in [-0.39, 0.29) is 6.61 Å². The molecule has 0 spiro atoms. The summed E-state index contributed by atoms with van der Waals surface area (Å²) in [6.07, 6.45) is -11.1. The van der Waals surface area contributed by atoms with Crippen molar-refractivity contribution in [3.63, 3.8) is 0 Å². The first-order valence-electron chi connectivity index (χ1n) is 9.49. The summed E-state index contributed by atoms with van der Waals surface area (Å²) in [5.41, 5.74) is -1.36. The van der Waals surface area contributed by atoms with Gasteiger partial charge in [0, 0.05) is 21.3 Å². The van der Waals surface area contributed by atoms with Crippen molar-refractivity contribution < 1.29 is 54.0 Å². The Kier molecular flexibility index (Phi) is 8.77. The first kappa shape index (κ1) is 24.8. The van der Waals surface area contributed by atoms with Crippen LogP contribution in [0.3, 0.4) is 0 Å². The summed E-state index contributed by atoms with van der Waals surface area (Å²) < 4.78 is 32.9. The molecule has 0 aliphatic carbocycles. The van der Waals surface area contributed by atoms with Gasteiger partial charge in [0.05, 0.1) is 18.8 Å². The maximum absolute atomic E-state index is 10.9. The second kappa shape index (κ2) is 10.2. The fourth-order valence-corrected chi connectivity index (χ4v) is 3.80. The van der Waals surface area contributed by atoms with Gasteiger partial charge in [0.15, 0.2) is 6.29 Å². The minimum absolute atomic E-state index is 0.0108. The summed E-state index contributed by atoms with van der Waals surface area (Å²) in [7, 11) is 4.09. The van der Waals surface area contributed by atoms with Crippen LogP contribution >= 0.6 is 0 Å². The van der Waals surface area contributed by atoms with Gasteiger partial charge in [-0.25, -0.2) is 0 Å². The molecule has 0 amide bonds. The molecule has 2 aliphatic rings. The van der Waals surface area contributed by atoms with E-state index >= 15 is 0 Å². The lowest BCUT2D eigenvalue weighted by atomic mass is 9.86. The number of hydrogen-bond acceptors (Lipinski definition) is 11. The van der Waals surface area contributed by atoms with Gasteiger partial charge in [-0.15, -0.1) is 0 Å². The van der Waals surface area contributed by atoms with Crippen LogP contribution in [0.1, 0.15) is 13.8 Å². The maximum atomic E-state index is 10.9. The first-order chi connectivity index (χ1) is 13.6. The largest absolute Gasteiger partial charge is 0.394 e. The Labute approximate surface area is 170 Å². The van der Waals surface area contributed by atoms with Crippen molar-refractivity contribution in [2.75, 3.05) is 34.5 Å². The van der Waals surface area contributed by atoms with Gasteiger partial charge in [0.25, 0.3) is 0 Å². The van der Waals surface area contributed by atoms with Crippen molar-refractivity contribution in [3.8, 4) is 0 Å². The van der Waals surface area contributed by atoms with E-state index < -0.39 is 73.4 Å². The van der Waals surface area contributed by atoms with E-state index in [1.165, 1.54) is 35.2 Å². The molecule has 2 fully saturated rings. The number of hydrogen-bond donors (Lipinski definition) is 5. The molecule has 2 rings (SSSR count). The highest BCUT2D eigenvalue weighted by Crippen LogP contribution is 2.34. The predicted octanol–water partition coefficient (Wildman–Crippen LogP) is -2.61. The van der Waals surface area contributed by atoms with Crippen molar-refractivity contribution in [2.24, 2.45) is 0 Å². The van der Waals surface area contributed by atoms with Crippen LogP contribution in [0.5, 0.6) is 0 Å². The van der Waals surface area contributed by atoms with E-state index in [0.29, 0.717) is 0 Å². The van der Waals surface area contributed by atoms with Crippen LogP contribution in [0.25, 0.3) is 0 Å². The summed E-state index contributed by atoms with van der Waals surface area (Å²) in [5.74, 6) is 0. The van der Waals surface area contributed by atoms with Crippen LogP contribution in [0.4, 0.5) is 0 Å².